The molecule has 0 saturated heterocycles. The minimum atomic E-state index is -0.802. The number of pyridine rings is 1. The largest absolute Gasteiger partial charge is 0.494 e. The molecular weight excluding hydrogens is 354 g/mol. The molecule has 1 aromatic heterocycles. The first-order valence-electron chi connectivity index (χ1n) is 8.92. The molecule has 2 rings (SSSR count). The summed E-state index contributed by atoms with van der Waals surface area (Å²) in [5, 5.41) is 24.4. The lowest BCUT2D eigenvalue weighted by Gasteiger charge is -2.17. The number of aryl methyl sites for hydroxylation is 1. The van der Waals surface area contributed by atoms with E-state index < -0.39 is 12.1 Å². The number of nitrogens with zero attached hydrogens (tertiary/aromatic N) is 1. The Morgan fingerprint density at radius 2 is 2.11 bits per heavy atom. The van der Waals surface area contributed by atoms with Gasteiger partial charge in [-0.3, -0.25) is 14.6 Å². The maximum atomic E-state index is 12.6. The van der Waals surface area contributed by atoms with Gasteiger partial charge in [-0.05, 0) is 25.8 Å². The molecular formula is C18H27N3O6. The van der Waals surface area contributed by atoms with E-state index in [0.29, 0.717) is 36.6 Å². The number of methoxy groups -OCH3 is 1. The summed E-state index contributed by atoms with van der Waals surface area (Å²) in [4.78, 5) is 28.9. The number of aliphatic hydroxyl groups excluding tert-OH is 2. The monoisotopic (exact) mass is 381 g/mol. The maximum Gasteiger partial charge on any atom is 0.255 e. The number of ether oxygens (including phenoxy) is 2. The van der Waals surface area contributed by atoms with E-state index in [1.54, 1.807) is 13.0 Å². The lowest BCUT2D eigenvalue weighted by molar-refractivity contribution is -0.125. The Bertz CT molecular complexity index is 654. The first kappa shape index (κ1) is 21.1. The molecule has 0 spiro atoms. The molecule has 1 fully saturated rings. The van der Waals surface area contributed by atoms with Crippen LogP contribution in [0.2, 0.25) is 0 Å². The Balaban J connectivity index is 1.88. The van der Waals surface area contributed by atoms with E-state index in [1.165, 1.54) is 13.3 Å². The van der Waals surface area contributed by atoms with Gasteiger partial charge in [-0.25, -0.2) is 0 Å². The lowest BCUT2D eigenvalue weighted by Crippen LogP contribution is -2.40. The number of amides is 2. The second-order valence-corrected chi connectivity index (χ2v) is 6.47. The molecule has 1 aliphatic rings. The van der Waals surface area contributed by atoms with Crippen LogP contribution >= 0.6 is 0 Å². The van der Waals surface area contributed by atoms with E-state index in [9.17, 15) is 14.7 Å². The van der Waals surface area contributed by atoms with Crippen molar-refractivity contribution in [1.82, 2.24) is 15.6 Å². The Morgan fingerprint density at radius 3 is 2.81 bits per heavy atom. The van der Waals surface area contributed by atoms with E-state index >= 15 is 0 Å². The molecule has 0 radical (unpaired) electrons. The molecule has 3 atom stereocenters. The lowest BCUT2D eigenvalue weighted by atomic mass is 10.1. The highest BCUT2D eigenvalue weighted by atomic mass is 16.5. The van der Waals surface area contributed by atoms with Gasteiger partial charge in [0.15, 0.2) is 0 Å². The number of aliphatic hydroxyl groups is 2. The molecule has 1 heterocycles. The Kier molecular flexibility index (Phi) is 7.96. The second-order valence-electron chi connectivity index (χ2n) is 6.47. The van der Waals surface area contributed by atoms with Gasteiger partial charge >= 0.3 is 0 Å². The van der Waals surface area contributed by atoms with Crippen LogP contribution in [0.1, 0.15) is 28.9 Å². The van der Waals surface area contributed by atoms with Crippen molar-refractivity contribution in [1.29, 1.82) is 0 Å². The minimum absolute atomic E-state index is 0.0636. The van der Waals surface area contributed by atoms with Crippen molar-refractivity contribution in [3.63, 3.8) is 0 Å². The van der Waals surface area contributed by atoms with Crippen LogP contribution in [-0.2, 0) is 9.53 Å². The predicted octanol–water partition coefficient (Wildman–Crippen LogP) is -0.607. The van der Waals surface area contributed by atoms with Crippen molar-refractivity contribution in [3.8, 4) is 5.75 Å². The fraction of sp³-hybridized carbons (Fsp3) is 0.611. The number of nitrogens with one attached hydrogen (secondary N) is 2. The number of hydrogen-bond donors (Lipinski definition) is 4. The fourth-order valence-corrected chi connectivity index (χ4v) is 3.08. The van der Waals surface area contributed by atoms with Gasteiger partial charge in [0.05, 0.1) is 50.8 Å². The molecule has 1 aliphatic carbocycles. The predicted molar refractivity (Wildman–Crippen MR) is 96.4 cm³/mol. The van der Waals surface area contributed by atoms with Crippen LogP contribution in [0.3, 0.4) is 0 Å². The first-order chi connectivity index (χ1) is 13.0. The Morgan fingerprint density at radius 1 is 1.33 bits per heavy atom. The van der Waals surface area contributed by atoms with Gasteiger partial charge in [-0.15, -0.1) is 0 Å². The van der Waals surface area contributed by atoms with Gasteiger partial charge in [0.25, 0.3) is 5.91 Å². The molecule has 4 N–H and O–H groups in total. The summed E-state index contributed by atoms with van der Waals surface area (Å²) in [7, 11) is 1.46. The highest BCUT2D eigenvalue weighted by Crippen LogP contribution is 2.27. The minimum Gasteiger partial charge on any atom is -0.494 e. The first-order valence-corrected chi connectivity index (χ1v) is 8.92. The molecule has 2 amide bonds. The van der Waals surface area contributed by atoms with Crippen LogP contribution in [0.15, 0.2) is 12.3 Å². The quantitative estimate of drug-likeness (QED) is 0.420. The third-order valence-electron chi connectivity index (χ3n) is 4.47. The summed E-state index contributed by atoms with van der Waals surface area (Å²) in [6, 6.07) is 1.10. The summed E-state index contributed by atoms with van der Waals surface area (Å²) in [6.45, 7) is 2.57. The molecule has 0 aromatic carbocycles. The Hall–Kier alpha value is -2.23. The number of aromatic nitrogens is 1. The SMILES string of the molecule is COc1cnc(C)cc1C(=O)N[C@@H]1C[C@H](C(=O)NCCOCCO)C[C@H]1O. The average molecular weight is 381 g/mol. The van der Waals surface area contributed by atoms with E-state index in [0.717, 1.165) is 0 Å². The zero-order valence-corrected chi connectivity index (χ0v) is 15.6. The number of rotatable bonds is 9. The topological polar surface area (TPSA) is 130 Å². The zero-order chi connectivity index (χ0) is 19.8. The van der Waals surface area contributed by atoms with Gasteiger partial charge in [0.1, 0.15) is 5.75 Å². The van der Waals surface area contributed by atoms with Gasteiger partial charge in [0.2, 0.25) is 5.91 Å². The van der Waals surface area contributed by atoms with Crippen LogP contribution in [0.4, 0.5) is 0 Å². The molecule has 0 aliphatic heterocycles. The molecule has 1 aromatic rings. The third-order valence-corrected chi connectivity index (χ3v) is 4.47. The van der Waals surface area contributed by atoms with Crippen LogP contribution in [-0.4, -0.2) is 72.6 Å². The van der Waals surface area contributed by atoms with Crippen LogP contribution in [0, 0.1) is 12.8 Å². The molecule has 0 unspecified atom stereocenters. The van der Waals surface area contributed by atoms with E-state index in [2.05, 4.69) is 15.6 Å². The van der Waals surface area contributed by atoms with E-state index in [-0.39, 0.29) is 37.4 Å². The standard InChI is InChI=1S/C18H27N3O6/c1-11-7-13(16(26-2)10-20-11)18(25)21-14-8-12(9-15(14)23)17(24)19-3-5-27-6-4-22/h7,10,12,14-15,22-23H,3-6,8-9H2,1-2H3,(H,19,24)(H,21,25)/t12-,14+,15+/m0/s1. The number of hydrogen-bond acceptors (Lipinski definition) is 7. The Labute approximate surface area is 158 Å². The van der Waals surface area contributed by atoms with Crippen LogP contribution in [0.5, 0.6) is 5.75 Å². The summed E-state index contributed by atoms with van der Waals surface area (Å²) in [5.74, 6) is -0.595. The van der Waals surface area contributed by atoms with Gasteiger partial charge < -0.3 is 30.3 Å². The molecule has 9 heteroatoms. The van der Waals surface area contributed by atoms with Crippen molar-refractivity contribution in [2.75, 3.05) is 33.5 Å². The highest BCUT2D eigenvalue weighted by Gasteiger charge is 2.38. The third kappa shape index (κ3) is 5.88. The second kappa shape index (κ2) is 10.2. The zero-order valence-electron chi connectivity index (χ0n) is 15.6. The van der Waals surface area contributed by atoms with Gasteiger partial charge in [-0.1, -0.05) is 0 Å². The highest BCUT2D eigenvalue weighted by molar-refractivity contribution is 5.97. The number of carbonyl (C=O) groups excluding carboxylic acids is 2. The molecule has 150 valence electrons. The van der Waals surface area contributed by atoms with E-state index in [1.807, 2.05) is 0 Å². The van der Waals surface area contributed by atoms with Crippen molar-refractivity contribution < 1.29 is 29.3 Å². The number of carbonyl (C=O) groups is 2. The van der Waals surface area contributed by atoms with Crippen LogP contribution < -0.4 is 15.4 Å². The molecule has 27 heavy (non-hydrogen) atoms. The van der Waals surface area contributed by atoms with Crippen molar-refractivity contribution >= 4 is 11.8 Å². The molecule has 9 nitrogen and oxygen atoms in total. The summed E-state index contributed by atoms with van der Waals surface area (Å²) in [6.07, 6.45) is 1.30. The molecule has 0 bridgehead atoms. The fourth-order valence-electron chi connectivity index (χ4n) is 3.08. The van der Waals surface area contributed by atoms with Crippen molar-refractivity contribution in [2.45, 2.75) is 31.9 Å². The van der Waals surface area contributed by atoms with Crippen LogP contribution in [0.25, 0.3) is 0 Å². The summed E-state index contributed by atoms with van der Waals surface area (Å²) in [5.41, 5.74) is 1.01. The van der Waals surface area contributed by atoms with Crippen molar-refractivity contribution in [2.24, 2.45) is 5.92 Å². The van der Waals surface area contributed by atoms with E-state index in [4.69, 9.17) is 14.6 Å². The smallest absolute Gasteiger partial charge is 0.255 e. The normalized spacial score (nSPS) is 21.7. The average Bonchev–Trinajstić information content (AvgIpc) is 3.02. The summed E-state index contributed by atoms with van der Waals surface area (Å²) >= 11 is 0. The van der Waals surface area contributed by atoms with Gasteiger partial charge in [-0.2, -0.15) is 0 Å². The summed E-state index contributed by atoms with van der Waals surface area (Å²) < 4.78 is 10.3. The van der Waals surface area contributed by atoms with Crippen molar-refractivity contribution in [3.05, 3.63) is 23.5 Å². The van der Waals surface area contributed by atoms with Gasteiger partial charge in [0, 0.05) is 18.2 Å². The molecule has 1 saturated carbocycles. The maximum absolute atomic E-state index is 12.6.